The van der Waals surface area contributed by atoms with Gasteiger partial charge in [0.15, 0.2) is 0 Å². The van der Waals surface area contributed by atoms with E-state index in [4.69, 9.17) is 5.73 Å². The monoisotopic (exact) mass is 184 g/mol. The molecule has 0 aromatic heterocycles. The second-order valence-corrected chi connectivity index (χ2v) is 4.69. The summed E-state index contributed by atoms with van der Waals surface area (Å²) in [5.74, 6) is 1.95. The highest BCUT2D eigenvalue weighted by molar-refractivity contribution is 4.84. The van der Waals surface area contributed by atoms with Crippen LogP contribution in [0.2, 0.25) is 0 Å². The van der Waals surface area contributed by atoms with Crippen molar-refractivity contribution < 1.29 is 0 Å². The zero-order valence-corrected chi connectivity index (χ0v) is 9.29. The van der Waals surface area contributed by atoms with Crippen molar-refractivity contribution in [1.82, 2.24) is 4.90 Å². The van der Waals surface area contributed by atoms with Crippen LogP contribution in [0, 0.1) is 11.8 Å². The van der Waals surface area contributed by atoms with E-state index in [-0.39, 0.29) is 0 Å². The first-order valence-electron chi connectivity index (χ1n) is 5.57. The van der Waals surface area contributed by atoms with Crippen LogP contribution >= 0.6 is 0 Å². The van der Waals surface area contributed by atoms with Crippen molar-refractivity contribution in [2.75, 3.05) is 20.1 Å². The molecular formula is C11H24N2. The number of hydrogen-bond donors (Lipinski definition) is 1. The van der Waals surface area contributed by atoms with E-state index in [9.17, 15) is 0 Å². The molecule has 0 spiro atoms. The summed E-state index contributed by atoms with van der Waals surface area (Å²) >= 11 is 0. The van der Waals surface area contributed by atoms with Crippen molar-refractivity contribution in [2.24, 2.45) is 17.6 Å². The van der Waals surface area contributed by atoms with E-state index in [2.05, 4.69) is 25.8 Å². The summed E-state index contributed by atoms with van der Waals surface area (Å²) in [5.41, 5.74) is 5.87. The lowest BCUT2D eigenvalue weighted by atomic mass is 10.1. The zero-order chi connectivity index (χ0) is 9.84. The van der Waals surface area contributed by atoms with Gasteiger partial charge in [0.05, 0.1) is 0 Å². The van der Waals surface area contributed by atoms with Crippen LogP contribution in [0.25, 0.3) is 0 Å². The van der Waals surface area contributed by atoms with Gasteiger partial charge in [-0.15, -0.1) is 0 Å². The van der Waals surface area contributed by atoms with E-state index < -0.39 is 0 Å². The van der Waals surface area contributed by atoms with Gasteiger partial charge in [-0.25, -0.2) is 0 Å². The molecular weight excluding hydrogens is 160 g/mol. The Morgan fingerprint density at radius 2 is 2.15 bits per heavy atom. The molecule has 0 aromatic carbocycles. The third-order valence-electron chi connectivity index (χ3n) is 3.23. The van der Waals surface area contributed by atoms with Crippen LogP contribution in [-0.2, 0) is 0 Å². The third kappa shape index (κ3) is 4.10. The van der Waals surface area contributed by atoms with Crippen LogP contribution in [-0.4, -0.2) is 31.1 Å². The van der Waals surface area contributed by atoms with Crippen LogP contribution in [0.4, 0.5) is 0 Å². The number of nitrogens with two attached hydrogens (primary N) is 1. The van der Waals surface area contributed by atoms with Gasteiger partial charge in [-0.2, -0.15) is 0 Å². The smallest absolute Gasteiger partial charge is 0.00483 e. The van der Waals surface area contributed by atoms with E-state index in [1.807, 2.05) is 0 Å². The van der Waals surface area contributed by atoms with Crippen molar-refractivity contribution in [3.63, 3.8) is 0 Å². The summed E-state index contributed by atoms with van der Waals surface area (Å²) in [4.78, 5) is 2.43. The minimum absolute atomic E-state index is 0.402. The van der Waals surface area contributed by atoms with Gasteiger partial charge in [-0.1, -0.05) is 13.8 Å². The second-order valence-electron chi connectivity index (χ2n) is 4.69. The first-order chi connectivity index (χ1) is 6.13. The number of rotatable bonds is 6. The van der Waals surface area contributed by atoms with E-state index in [0.29, 0.717) is 6.04 Å². The highest BCUT2D eigenvalue weighted by atomic mass is 15.1. The van der Waals surface area contributed by atoms with E-state index in [0.717, 1.165) is 31.2 Å². The minimum atomic E-state index is 0.402. The Bertz CT molecular complexity index is 147. The molecule has 0 aliphatic heterocycles. The quantitative estimate of drug-likeness (QED) is 0.681. The Kier molecular flexibility index (Phi) is 4.20. The molecule has 3 atom stereocenters. The first kappa shape index (κ1) is 11.0. The molecule has 13 heavy (non-hydrogen) atoms. The maximum atomic E-state index is 5.87. The lowest BCUT2D eigenvalue weighted by molar-refractivity contribution is 0.300. The van der Waals surface area contributed by atoms with E-state index >= 15 is 0 Å². The predicted molar refractivity (Wildman–Crippen MR) is 57.7 cm³/mol. The Labute approximate surface area is 82.5 Å². The van der Waals surface area contributed by atoms with Gasteiger partial charge in [0, 0.05) is 12.6 Å². The fourth-order valence-electron chi connectivity index (χ4n) is 1.74. The van der Waals surface area contributed by atoms with E-state index in [1.54, 1.807) is 0 Å². The lowest BCUT2D eigenvalue weighted by Gasteiger charge is -2.18. The normalized spacial score (nSPS) is 29.3. The molecule has 0 heterocycles. The van der Waals surface area contributed by atoms with Crippen LogP contribution < -0.4 is 5.73 Å². The van der Waals surface area contributed by atoms with Gasteiger partial charge in [0.1, 0.15) is 0 Å². The van der Waals surface area contributed by atoms with Gasteiger partial charge < -0.3 is 10.6 Å². The van der Waals surface area contributed by atoms with Crippen molar-refractivity contribution in [2.45, 2.75) is 39.2 Å². The molecule has 0 bridgehead atoms. The molecule has 2 heteroatoms. The Morgan fingerprint density at radius 3 is 2.62 bits per heavy atom. The fourth-order valence-corrected chi connectivity index (χ4v) is 1.74. The van der Waals surface area contributed by atoms with Gasteiger partial charge in [-0.3, -0.25) is 0 Å². The van der Waals surface area contributed by atoms with Crippen LogP contribution in [0.3, 0.4) is 0 Å². The van der Waals surface area contributed by atoms with Crippen molar-refractivity contribution in [3.05, 3.63) is 0 Å². The summed E-state index contributed by atoms with van der Waals surface area (Å²) < 4.78 is 0. The molecule has 1 aliphatic carbocycles. The second kappa shape index (κ2) is 4.97. The van der Waals surface area contributed by atoms with Gasteiger partial charge in [0.25, 0.3) is 0 Å². The van der Waals surface area contributed by atoms with Crippen LogP contribution in [0.1, 0.15) is 33.1 Å². The highest BCUT2D eigenvalue weighted by Crippen LogP contribution is 2.37. The van der Waals surface area contributed by atoms with Crippen molar-refractivity contribution in [1.29, 1.82) is 0 Å². The highest BCUT2D eigenvalue weighted by Gasteiger charge is 2.32. The number of nitrogens with zero attached hydrogens (tertiary/aromatic N) is 1. The summed E-state index contributed by atoms with van der Waals surface area (Å²) in [6.07, 6.45) is 3.69. The van der Waals surface area contributed by atoms with Crippen LogP contribution in [0.5, 0.6) is 0 Å². The molecule has 1 aliphatic rings. The Hall–Kier alpha value is -0.0800. The third-order valence-corrected chi connectivity index (χ3v) is 3.23. The topological polar surface area (TPSA) is 29.3 Å². The fraction of sp³-hybridized carbons (Fsp3) is 1.00. The summed E-state index contributed by atoms with van der Waals surface area (Å²) in [7, 11) is 2.22. The molecule has 78 valence electrons. The SMILES string of the molecule is CCC(N)CCN(C)CC1CC1C. The predicted octanol–water partition coefficient (Wildman–Crippen LogP) is 1.70. The maximum absolute atomic E-state index is 5.87. The Morgan fingerprint density at radius 1 is 1.54 bits per heavy atom. The maximum Gasteiger partial charge on any atom is 0.00483 e. The molecule has 3 unspecified atom stereocenters. The molecule has 2 N–H and O–H groups in total. The zero-order valence-electron chi connectivity index (χ0n) is 9.29. The standard InChI is InChI=1S/C11H24N2/c1-4-11(12)5-6-13(3)8-10-7-9(10)2/h9-11H,4-8,12H2,1-3H3. The average molecular weight is 184 g/mol. The summed E-state index contributed by atoms with van der Waals surface area (Å²) in [6, 6.07) is 0.402. The summed E-state index contributed by atoms with van der Waals surface area (Å²) in [5, 5.41) is 0. The molecule has 0 radical (unpaired) electrons. The molecule has 1 saturated carbocycles. The van der Waals surface area contributed by atoms with Crippen LogP contribution in [0.15, 0.2) is 0 Å². The van der Waals surface area contributed by atoms with Crippen molar-refractivity contribution >= 4 is 0 Å². The molecule has 1 fully saturated rings. The average Bonchev–Trinajstić information content (AvgIpc) is 2.77. The molecule has 0 amide bonds. The molecule has 2 nitrogen and oxygen atoms in total. The van der Waals surface area contributed by atoms with Crippen molar-refractivity contribution in [3.8, 4) is 0 Å². The van der Waals surface area contributed by atoms with E-state index in [1.165, 1.54) is 13.0 Å². The van der Waals surface area contributed by atoms with Gasteiger partial charge >= 0.3 is 0 Å². The number of hydrogen-bond acceptors (Lipinski definition) is 2. The molecule has 1 rings (SSSR count). The lowest BCUT2D eigenvalue weighted by Crippen LogP contribution is -2.29. The largest absolute Gasteiger partial charge is 0.328 e. The van der Waals surface area contributed by atoms with Gasteiger partial charge in [-0.05, 0) is 44.7 Å². The first-order valence-corrected chi connectivity index (χ1v) is 5.57. The van der Waals surface area contributed by atoms with Gasteiger partial charge in [0.2, 0.25) is 0 Å². The minimum Gasteiger partial charge on any atom is -0.328 e. The summed E-state index contributed by atoms with van der Waals surface area (Å²) in [6.45, 7) is 6.94. The Balaban J connectivity index is 2.00. The molecule has 0 saturated heterocycles. The molecule has 0 aromatic rings.